The molecule has 2 aliphatic heterocycles. The molecule has 0 bridgehead atoms. The molecule has 2 heterocycles. The van der Waals surface area contributed by atoms with Crippen molar-refractivity contribution in [1.82, 2.24) is 4.90 Å². The molecule has 1 aromatic carbocycles. The molecule has 0 spiro atoms. The Morgan fingerprint density at radius 2 is 2.22 bits per heavy atom. The summed E-state index contributed by atoms with van der Waals surface area (Å²) in [5.74, 6) is 2.47. The first kappa shape index (κ1) is 10.9. The van der Waals surface area contributed by atoms with Gasteiger partial charge in [-0.3, -0.25) is 0 Å². The van der Waals surface area contributed by atoms with Gasteiger partial charge in [-0.05, 0) is 48.9 Å². The second-order valence-electron chi connectivity index (χ2n) is 6.54. The van der Waals surface area contributed by atoms with Gasteiger partial charge in [0.1, 0.15) is 0 Å². The van der Waals surface area contributed by atoms with Crippen LogP contribution in [0.25, 0.3) is 0 Å². The summed E-state index contributed by atoms with van der Waals surface area (Å²) < 4.78 is 0. The van der Waals surface area contributed by atoms with Crippen LogP contribution in [-0.4, -0.2) is 31.1 Å². The highest BCUT2D eigenvalue weighted by Gasteiger charge is 2.42. The van der Waals surface area contributed by atoms with Gasteiger partial charge in [0.25, 0.3) is 0 Å². The van der Waals surface area contributed by atoms with E-state index in [1.165, 1.54) is 25.1 Å². The summed E-state index contributed by atoms with van der Waals surface area (Å²) in [5.41, 5.74) is 4.68. The first-order valence-corrected chi connectivity index (χ1v) is 7.30. The van der Waals surface area contributed by atoms with E-state index in [1.54, 1.807) is 11.1 Å². The van der Waals surface area contributed by atoms with Gasteiger partial charge in [0.05, 0.1) is 0 Å². The molecule has 4 rings (SSSR count). The SMILES string of the molecule is CC1CN(C)C2CC3CNc4cccc(c43)CC12. The third-order valence-electron chi connectivity index (χ3n) is 5.49. The number of rotatable bonds is 0. The number of hydrogen-bond donors (Lipinski definition) is 1. The van der Waals surface area contributed by atoms with Crippen molar-refractivity contribution in [1.29, 1.82) is 0 Å². The maximum absolute atomic E-state index is 3.60. The van der Waals surface area contributed by atoms with Crippen molar-refractivity contribution in [2.45, 2.75) is 31.7 Å². The molecule has 96 valence electrons. The molecule has 1 N–H and O–H groups in total. The van der Waals surface area contributed by atoms with Crippen molar-refractivity contribution in [2.24, 2.45) is 11.8 Å². The summed E-state index contributed by atoms with van der Waals surface area (Å²) >= 11 is 0. The molecule has 4 atom stereocenters. The zero-order valence-electron chi connectivity index (χ0n) is 11.3. The van der Waals surface area contributed by atoms with E-state index in [0.717, 1.165) is 30.3 Å². The fourth-order valence-electron chi connectivity index (χ4n) is 4.63. The molecular weight excluding hydrogens is 220 g/mol. The zero-order valence-corrected chi connectivity index (χ0v) is 11.3. The highest BCUT2D eigenvalue weighted by molar-refractivity contribution is 5.61. The molecule has 18 heavy (non-hydrogen) atoms. The van der Waals surface area contributed by atoms with Gasteiger partial charge < -0.3 is 10.2 Å². The van der Waals surface area contributed by atoms with Crippen LogP contribution in [0.4, 0.5) is 5.69 Å². The summed E-state index contributed by atoms with van der Waals surface area (Å²) in [7, 11) is 2.32. The smallest absolute Gasteiger partial charge is 0.0379 e. The lowest BCUT2D eigenvalue weighted by atomic mass is 9.86. The minimum absolute atomic E-state index is 0.749. The van der Waals surface area contributed by atoms with Gasteiger partial charge in [-0.15, -0.1) is 0 Å². The quantitative estimate of drug-likeness (QED) is 0.752. The standard InChI is InChI=1S/C16H22N2/c1-10-9-18(2)15-7-12-8-17-14-5-3-4-11(16(12)14)6-13(10)15/h3-5,10,12-13,15,17H,6-9H2,1-2H3. The molecule has 0 radical (unpaired) electrons. The Hall–Kier alpha value is -1.02. The molecule has 1 fully saturated rings. The van der Waals surface area contributed by atoms with E-state index in [4.69, 9.17) is 0 Å². The Morgan fingerprint density at radius 3 is 3.11 bits per heavy atom. The van der Waals surface area contributed by atoms with Gasteiger partial charge in [0.2, 0.25) is 0 Å². The third kappa shape index (κ3) is 1.38. The molecule has 4 unspecified atom stereocenters. The maximum atomic E-state index is 3.60. The van der Waals surface area contributed by atoms with Gasteiger partial charge in [-0.1, -0.05) is 19.1 Å². The van der Waals surface area contributed by atoms with Crippen LogP contribution in [0.15, 0.2) is 18.2 Å². The van der Waals surface area contributed by atoms with Crippen molar-refractivity contribution in [3.63, 3.8) is 0 Å². The first-order chi connectivity index (χ1) is 8.74. The van der Waals surface area contributed by atoms with Gasteiger partial charge in [-0.25, -0.2) is 0 Å². The number of hydrogen-bond acceptors (Lipinski definition) is 2. The van der Waals surface area contributed by atoms with Crippen molar-refractivity contribution < 1.29 is 0 Å². The van der Waals surface area contributed by atoms with Crippen LogP contribution >= 0.6 is 0 Å². The topological polar surface area (TPSA) is 15.3 Å². The Bertz CT molecular complexity index is 482. The average molecular weight is 242 g/mol. The van der Waals surface area contributed by atoms with Crippen molar-refractivity contribution in [2.75, 3.05) is 25.5 Å². The van der Waals surface area contributed by atoms with E-state index in [9.17, 15) is 0 Å². The first-order valence-electron chi connectivity index (χ1n) is 7.30. The lowest BCUT2D eigenvalue weighted by Gasteiger charge is -2.25. The minimum atomic E-state index is 0.749. The normalized spacial score (nSPS) is 37.9. The van der Waals surface area contributed by atoms with Crippen LogP contribution in [0.5, 0.6) is 0 Å². The molecular formula is C16H22N2. The molecule has 1 aliphatic carbocycles. The fourth-order valence-corrected chi connectivity index (χ4v) is 4.63. The highest BCUT2D eigenvalue weighted by Crippen LogP contribution is 2.46. The molecule has 1 saturated heterocycles. The van der Waals surface area contributed by atoms with Crippen LogP contribution in [0.3, 0.4) is 0 Å². The van der Waals surface area contributed by atoms with E-state index in [0.29, 0.717) is 0 Å². The van der Waals surface area contributed by atoms with Gasteiger partial charge >= 0.3 is 0 Å². The number of anilines is 1. The van der Waals surface area contributed by atoms with Crippen LogP contribution in [0.2, 0.25) is 0 Å². The molecule has 2 nitrogen and oxygen atoms in total. The number of nitrogens with one attached hydrogen (secondary N) is 1. The Kier molecular flexibility index (Phi) is 2.25. The molecule has 0 saturated carbocycles. The third-order valence-corrected chi connectivity index (χ3v) is 5.49. The maximum Gasteiger partial charge on any atom is 0.0379 e. The summed E-state index contributed by atoms with van der Waals surface area (Å²) in [5, 5.41) is 3.60. The monoisotopic (exact) mass is 242 g/mol. The van der Waals surface area contributed by atoms with Gasteiger partial charge in [0, 0.05) is 30.7 Å². The van der Waals surface area contributed by atoms with Crippen molar-refractivity contribution in [3.05, 3.63) is 29.3 Å². The second-order valence-corrected chi connectivity index (χ2v) is 6.54. The number of likely N-dealkylation sites (tertiary alicyclic amines) is 1. The fraction of sp³-hybridized carbons (Fsp3) is 0.625. The van der Waals surface area contributed by atoms with E-state index in [1.807, 2.05) is 0 Å². The zero-order chi connectivity index (χ0) is 12.3. The predicted molar refractivity (Wildman–Crippen MR) is 75.1 cm³/mol. The van der Waals surface area contributed by atoms with E-state index in [2.05, 4.69) is 42.4 Å². The molecule has 1 aromatic rings. The number of benzene rings is 1. The lowest BCUT2D eigenvalue weighted by molar-refractivity contribution is 0.249. The van der Waals surface area contributed by atoms with Crippen molar-refractivity contribution in [3.8, 4) is 0 Å². The van der Waals surface area contributed by atoms with Gasteiger partial charge in [0.15, 0.2) is 0 Å². The van der Waals surface area contributed by atoms with Crippen LogP contribution in [0.1, 0.15) is 30.4 Å². The second kappa shape index (κ2) is 3.74. The molecule has 0 aromatic heterocycles. The van der Waals surface area contributed by atoms with E-state index >= 15 is 0 Å². The number of fused-ring (bicyclic) bond motifs is 1. The van der Waals surface area contributed by atoms with Crippen LogP contribution in [0, 0.1) is 11.8 Å². The summed E-state index contributed by atoms with van der Waals surface area (Å²) in [6, 6.07) is 7.65. The Morgan fingerprint density at radius 1 is 1.33 bits per heavy atom. The highest BCUT2D eigenvalue weighted by atomic mass is 15.2. The number of nitrogens with zero attached hydrogens (tertiary/aromatic N) is 1. The van der Waals surface area contributed by atoms with Crippen molar-refractivity contribution >= 4 is 5.69 Å². The molecule has 3 aliphatic rings. The average Bonchev–Trinajstić information content (AvgIpc) is 2.80. The van der Waals surface area contributed by atoms with E-state index in [-0.39, 0.29) is 0 Å². The summed E-state index contributed by atoms with van der Waals surface area (Å²) in [4.78, 5) is 2.61. The Labute approximate surface area is 109 Å². The molecule has 2 heteroatoms. The van der Waals surface area contributed by atoms with Crippen LogP contribution < -0.4 is 5.32 Å². The van der Waals surface area contributed by atoms with Gasteiger partial charge in [-0.2, -0.15) is 0 Å². The minimum Gasteiger partial charge on any atom is -0.384 e. The van der Waals surface area contributed by atoms with Crippen LogP contribution in [-0.2, 0) is 6.42 Å². The molecule has 0 amide bonds. The predicted octanol–water partition coefficient (Wildman–Crippen LogP) is 2.71. The lowest BCUT2D eigenvalue weighted by Crippen LogP contribution is -2.31. The largest absolute Gasteiger partial charge is 0.384 e. The summed E-state index contributed by atoms with van der Waals surface area (Å²) in [6.07, 6.45) is 2.64. The Balaban J connectivity index is 1.80. The summed E-state index contributed by atoms with van der Waals surface area (Å²) in [6.45, 7) is 4.87. The van der Waals surface area contributed by atoms with E-state index < -0.39 is 0 Å².